The maximum absolute atomic E-state index is 9.81. The maximum atomic E-state index is 9.81. The summed E-state index contributed by atoms with van der Waals surface area (Å²) in [5.41, 5.74) is 1.40. The Morgan fingerprint density at radius 3 is 2.50 bits per heavy atom. The van der Waals surface area contributed by atoms with Crippen molar-refractivity contribution in [3.63, 3.8) is 0 Å². The lowest BCUT2D eigenvalue weighted by Gasteiger charge is -2.21. The molecule has 2 rings (SSSR count). The van der Waals surface area contributed by atoms with Gasteiger partial charge < -0.3 is 5.11 Å². The highest BCUT2D eigenvalue weighted by atomic mass is 32.2. The largest absolute Gasteiger partial charge is 0.392 e. The summed E-state index contributed by atoms with van der Waals surface area (Å²) in [5.74, 6) is 0. The summed E-state index contributed by atoms with van der Waals surface area (Å²) in [6.07, 6.45) is 4.12. The molecule has 0 amide bonds. The highest BCUT2D eigenvalue weighted by Crippen LogP contribution is 2.53. The van der Waals surface area contributed by atoms with Crippen LogP contribution in [0.3, 0.4) is 0 Å². The lowest BCUT2D eigenvalue weighted by molar-refractivity contribution is 0.149. The van der Waals surface area contributed by atoms with Gasteiger partial charge in [-0.3, -0.25) is 0 Å². The van der Waals surface area contributed by atoms with Gasteiger partial charge in [0.1, 0.15) is 0 Å². The molecular weight excluding hydrogens is 192 g/mol. The zero-order valence-electron chi connectivity index (χ0n) is 8.66. The van der Waals surface area contributed by atoms with Gasteiger partial charge in [0.25, 0.3) is 0 Å². The number of hydrogen-bond acceptors (Lipinski definition) is 2. The van der Waals surface area contributed by atoms with E-state index in [2.05, 4.69) is 30.5 Å². The number of aliphatic hydroxyl groups excluding tert-OH is 1. The summed E-state index contributed by atoms with van der Waals surface area (Å²) < 4.78 is 0. The Morgan fingerprint density at radius 1 is 1.36 bits per heavy atom. The van der Waals surface area contributed by atoms with Gasteiger partial charge >= 0.3 is 0 Å². The van der Waals surface area contributed by atoms with Crippen LogP contribution in [0.15, 0.2) is 29.2 Å². The third kappa shape index (κ3) is 1.47. The van der Waals surface area contributed by atoms with E-state index < -0.39 is 0 Å². The fraction of sp³-hybridized carbons (Fsp3) is 0.500. The molecule has 1 unspecified atom stereocenters. The molecule has 1 saturated carbocycles. The van der Waals surface area contributed by atoms with Crippen LogP contribution in [0.4, 0.5) is 0 Å². The second-order valence-corrected chi connectivity index (χ2v) is 4.88. The van der Waals surface area contributed by atoms with Crippen molar-refractivity contribution in [2.45, 2.75) is 36.2 Å². The molecule has 1 aliphatic carbocycles. The molecule has 1 aromatic carbocycles. The molecule has 0 heterocycles. The van der Waals surface area contributed by atoms with Gasteiger partial charge in [-0.15, -0.1) is 11.8 Å². The number of benzene rings is 1. The van der Waals surface area contributed by atoms with E-state index in [4.69, 9.17) is 0 Å². The van der Waals surface area contributed by atoms with E-state index in [1.165, 1.54) is 10.5 Å². The summed E-state index contributed by atoms with van der Waals surface area (Å²) in [5, 5.41) is 9.81. The first-order valence-corrected chi connectivity index (χ1v) is 6.25. The standard InChI is InChI=1S/C12H16OS/c1-9(13)12(7-8-12)10-5-3-4-6-11(10)14-2/h3-6,9,13H,7-8H2,1-2H3. The Labute approximate surface area is 89.5 Å². The number of hydrogen-bond donors (Lipinski definition) is 1. The zero-order valence-corrected chi connectivity index (χ0v) is 9.47. The summed E-state index contributed by atoms with van der Waals surface area (Å²) in [6, 6.07) is 8.43. The quantitative estimate of drug-likeness (QED) is 0.771. The average Bonchev–Trinajstić information content (AvgIpc) is 2.98. The Hall–Kier alpha value is -0.470. The van der Waals surface area contributed by atoms with Crippen LogP contribution in [0, 0.1) is 0 Å². The van der Waals surface area contributed by atoms with Gasteiger partial charge in [0.2, 0.25) is 0 Å². The molecule has 1 atom stereocenters. The lowest BCUT2D eigenvalue weighted by Crippen LogP contribution is -2.23. The molecule has 0 spiro atoms. The van der Waals surface area contributed by atoms with Gasteiger partial charge in [-0.05, 0) is 37.7 Å². The van der Waals surface area contributed by atoms with Crippen molar-refractivity contribution >= 4 is 11.8 Å². The molecule has 1 N–H and O–H groups in total. The summed E-state index contributed by atoms with van der Waals surface area (Å²) in [6.45, 7) is 1.91. The lowest BCUT2D eigenvalue weighted by atomic mass is 9.91. The van der Waals surface area contributed by atoms with Crippen LogP contribution in [-0.2, 0) is 5.41 Å². The molecule has 76 valence electrons. The summed E-state index contributed by atoms with van der Waals surface area (Å²) in [7, 11) is 0. The van der Waals surface area contributed by atoms with Crippen LogP contribution in [0.5, 0.6) is 0 Å². The minimum Gasteiger partial charge on any atom is -0.392 e. The fourth-order valence-corrected chi connectivity index (χ4v) is 2.81. The normalized spacial score (nSPS) is 20.5. The van der Waals surface area contributed by atoms with Crippen LogP contribution in [0.2, 0.25) is 0 Å². The van der Waals surface area contributed by atoms with Gasteiger partial charge in [0.05, 0.1) is 6.10 Å². The minimum absolute atomic E-state index is 0.0691. The van der Waals surface area contributed by atoms with E-state index >= 15 is 0 Å². The molecule has 0 aromatic heterocycles. The van der Waals surface area contributed by atoms with Crippen LogP contribution < -0.4 is 0 Å². The molecule has 1 aliphatic rings. The van der Waals surface area contributed by atoms with Gasteiger partial charge in [-0.25, -0.2) is 0 Å². The molecule has 0 radical (unpaired) electrons. The van der Waals surface area contributed by atoms with E-state index in [0.717, 1.165) is 12.8 Å². The van der Waals surface area contributed by atoms with Gasteiger partial charge in [-0.2, -0.15) is 0 Å². The highest BCUT2D eigenvalue weighted by molar-refractivity contribution is 7.98. The topological polar surface area (TPSA) is 20.2 Å². The van der Waals surface area contributed by atoms with Crippen molar-refractivity contribution in [1.29, 1.82) is 0 Å². The first-order valence-electron chi connectivity index (χ1n) is 5.02. The van der Waals surface area contributed by atoms with Crippen LogP contribution in [0.1, 0.15) is 25.3 Å². The first-order chi connectivity index (χ1) is 6.70. The average molecular weight is 208 g/mol. The Morgan fingerprint density at radius 2 is 2.00 bits per heavy atom. The smallest absolute Gasteiger partial charge is 0.0609 e. The van der Waals surface area contributed by atoms with E-state index in [1.54, 1.807) is 11.8 Å². The van der Waals surface area contributed by atoms with Crippen molar-refractivity contribution in [2.75, 3.05) is 6.26 Å². The molecule has 2 heteroatoms. The third-order valence-electron chi connectivity index (χ3n) is 3.23. The van der Waals surface area contributed by atoms with Crippen molar-refractivity contribution in [3.05, 3.63) is 29.8 Å². The second kappa shape index (κ2) is 3.59. The highest BCUT2D eigenvalue weighted by Gasteiger charge is 2.49. The van der Waals surface area contributed by atoms with Gasteiger partial charge in [-0.1, -0.05) is 18.2 Å². The van der Waals surface area contributed by atoms with Crippen LogP contribution in [-0.4, -0.2) is 17.5 Å². The SMILES string of the molecule is CSc1ccccc1C1(C(C)O)CC1. The molecule has 1 nitrogen and oxygen atoms in total. The molecule has 1 fully saturated rings. The van der Waals surface area contributed by atoms with Crippen molar-refractivity contribution in [1.82, 2.24) is 0 Å². The van der Waals surface area contributed by atoms with E-state index in [0.29, 0.717) is 0 Å². The summed E-state index contributed by atoms with van der Waals surface area (Å²) >= 11 is 1.77. The summed E-state index contributed by atoms with van der Waals surface area (Å²) in [4.78, 5) is 1.31. The van der Waals surface area contributed by atoms with Crippen LogP contribution in [0.25, 0.3) is 0 Å². The third-order valence-corrected chi connectivity index (χ3v) is 4.03. The van der Waals surface area contributed by atoms with Crippen molar-refractivity contribution in [3.8, 4) is 0 Å². The predicted octanol–water partition coefficient (Wildman–Crippen LogP) is 2.82. The number of thioether (sulfide) groups is 1. The Bertz CT molecular complexity index is 329. The number of aliphatic hydroxyl groups is 1. The van der Waals surface area contributed by atoms with Crippen molar-refractivity contribution < 1.29 is 5.11 Å². The monoisotopic (exact) mass is 208 g/mol. The predicted molar refractivity (Wildman–Crippen MR) is 60.8 cm³/mol. The van der Waals surface area contributed by atoms with Crippen LogP contribution >= 0.6 is 11.8 Å². The molecule has 0 saturated heterocycles. The number of rotatable bonds is 3. The Balaban J connectivity index is 2.41. The molecule has 14 heavy (non-hydrogen) atoms. The second-order valence-electron chi connectivity index (χ2n) is 4.03. The van der Waals surface area contributed by atoms with Crippen molar-refractivity contribution in [2.24, 2.45) is 0 Å². The minimum atomic E-state index is -0.226. The molecule has 0 aliphatic heterocycles. The maximum Gasteiger partial charge on any atom is 0.0609 e. The van der Waals surface area contributed by atoms with E-state index in [1.807, 2.05) is 6.92 Å². The Kier molecular flexibility index (Phi) is 2.58. The molecule has 0 bridgehead atoms. The molecule has 1 aromatic rings. The van der Waals surface area contributed by atoms with E-state index in [-0.39, 0.29) is 11.5 Å². The zero-order chi connectivity index (χ0) is 10.2. The van der Waals surface area contributed by atoms with Gasteiger partial charge in [0.15, 0.2) is 0 Å². The first kappa shape index (κ1) is 10.1. The molecular formula is C12H16OS. The van der Waals surface area contributed by atoms with E-state index in [9.17, 15) is 5.11 Å². The fourth-order valence-electron chi connectivity index (χ4n) is 2.10. The van der Waals surface area contributed by atoms with Gasteiger partial charge in [0, 0.05) is 10.3 Å².